The van der Waals surface area contributed by atoms with Crippen LogP contribution in [0.4, 0.5) is 13.2 Å². The summed E-state index contributed by atoms with van der Waals surface area (Å²) in [4.78, 5) is 15.4. The molecule has 2 aromatic carbocycles. The van der Waals surface area contributed by atoms with E-state index in [1.165, 1.54) is 37.4 Å². The van der Waals surface area contributed by atoms with Crippen molar-refractivity contribution in [3.63, 3.8) is 0 Å². The highest BCUT2D eigenvalue weighted by atomic mass is 19.1. The first-order valence-corrected chi connectivity index (χ1v) is 10.4. The average Bonchev–Trinajstić information content (AvgIpc) is 2.77. The smallest absolute Gasteiger partial charge is 0.171 e. The molecule has 0 saturated carbocycles. The zero-order valence-corrected chi connectivity index (χ0v) is 18.6. The highest BCUT2D eigenvalue weighted by Gasteiger charge is 2.50. The van der Waals surface area contributed by atoms with E-state index >= 15 is 4.39 Å². The molecule has 3 N–H and O–H groups in total. The molecule has 0 aromatic heterocycles. The fraction of sp³-hybridized carbons (Fsp3) is 0.375. The molecule has 5 nitrogen and oxygen atoms in total. The predicted molar refractivity (Wildman–Crippen MR) is 116 cm³/mol. The average molecular weight is 448 g/mol. The summed E-state index contributed by atoms with van der Waals surface area (Å²) in [5, 5.41) is 3.11. The van der Waals surface area contributed by atoms with E-state index in [-0.39, 0.29) is 42.2 Å². The number of nitrogens with zero attached hydrogens (tertiary/aromatic N) is 1. The summed E-state index contributed by atoms with van der Waals surface area (Å²) in [6, 6.07) is 8.26. The lowest BCUT2D eigenvalue weighted by Crippen LogP contribution is -2.63. The highest BCUT2D eigenvalue weighted by molar-refractivity contribution is 6.03. The third-order valence-electron chi connectivity index (χ3n) is 6.33. The maximum Gasteiger partial charge on any atom is 0.171 e. The number of ketones is 1. The van der Waals surface area contributed by atoms with Crippen molar-refractivity contribution in [1.29, 1.82) is 0 Å². The normalized spacial score (nSPS) is 21.3. The highest BCUT2D eigenvalue weighted by Crippen LogP contribution is 2.44. The number of carbonyl (C=O) groups is 1. The van der Waals surface area contributed by atoms with Gasteiger partial charge in [0.1, 0.15) is 17.3 Å². The van der Waals surface area contributed by atoms with Crippen LogP contribution < -0.4 is 15.8 Å². The van der Waals surface area contributed by atoms with Gasteiger partial charge >= 0.3 is 0 Å². The summed E-state index contributed by atoms with van der Waals surface area (Å²) in [7, 11) is 2.98. The molecule has 1 heterocycles. The van der Waals surface area contributed by atoms with E-state index in [1.54, 1.807) is 31.9 Å². The van der Waals surface area contributed by atoms with Crippen LogP contribution in [0.1, 0.15) is 37.3 Å². The van der Waals surface area contributed by atoms with Crippen molar-refractivity contribution in [2.24, 2.45) is 5.73 Å². The van der Waals surface area contributed by atoms with E-state index in [0.717, 1.165) is 0 Å². The number of methoxy groups -OCH3 is 1. The molecule has 0 amide bonds. The SMILES string of the molecule is CNC1(C)C(c2cccc(OC)c2F)C(=O)C(CCN)=C(C)N1Cc1c(F)cccc1F. The van der Waals surface area contributed by atoms with E-state index in [9.17, 15) is 13.6 Å². The van der Waals surface area contributed by atoms with Crippen LogP contribution in [0, 0.1) is 17.5 Å². The molecule has 0 radical (unpaired) electrons. The zero-order chi connectivity index (χ0) is 23.6. The minimum Gasteiger partial charge on any atom is -0.494 e. The number of rotatable bonds is 7. The maximum absolute atomic E-state index is 15.3. The standard InChI is InChI=1S/C24H28F3N3O2/c1-14-15(11-12-28)23(31)21(16-7-5-10-20(32-4)22(16)27)24(2,29-3)30(14)13-17-18(25)8-6-9-19(17)26/h5-10,21,29H,11-13,28H2,1-4H3. The molecule has 0 aliphatic carbocycles. The number of hydrogen-bond donors (Lipinski definition) is 2. The van der Waals surface area contributed by atoms with E-state index in [4.69, 9.17) is 10.5 Å². The fourth-order valence-corrected chi connectivity index (χ4v) is 4.48. The third-order valence-corrected chi connectivity index (χ3v) is 6.33. The van der Waals surface area contributed by atoms with Crippen LogP contribution in [0.2, 0.25) is 0 Å². The summed E-state index contributed by atoms with van der Waals surface area (Å²) in [5.41, 5.74) is 5.50. The van der Waals surface area contributed by atoms with Crippen LogP contribution in [-0.2, 0) is 11.3 Å². The molecule has 1 aliphatic heterocycles. The Morgan fingerprint density at radius 1 is 1.16 bits per heavy atom. The first-order valence-electron chi connectivity index (χ1n) is 10.4. The lowest BCUT2D eigenvalue weighted by Gasteiger charge is -2.51. The van der Waals surface area contributed by atoms with Gasteiger partial charge in [0.15, 0.2) is 17.3 Å². The van der Waals surface area contributed by atoms with Crippen molar-refractivity contribution >= 4 is 5.78 Å². The van der Waals surface area contributed by atoms with Crippen molar-refractivity contribution in [2.75, 3.05) is 20.7 Å². The molecule has 1 aliphatic rings. The topological polar surface area (TPSA) is 67.6 Å². The minimum atomic E-state index is -1.19. The van der Waals surface area contributed by atoms with Crippen LogP contribution in [0.5, 0.6) is 5.75 Å². The van der Waals surface area contributed by atoms with Crippen LogP contribution in [0.3, 0.4) is 0 Å². The lowest BCUT2D eigenvalue weighted by molar-refractivity contribution is -0.123. The Balaban J connectivity index is 2.25. The van der Waals surface area contributed by atoms with Gasteiger partial charge in [-0.25, -0.2) is 13.2 Å². The van der Waals surface area contributed by atoms with E-state index in [2.05, 4.69) is 5.32 Å². The Hall–Kier alpha value is -2.84. The quantitative estimate of drug-likeness (QED) is 0.675. The molecular formula is C24H28F3N3O2. The molecule has 2 unspecified atom stereocenters. The molecule has 8 heteroatoms. The van der Waals surface area contributed by atoms with Crippen molar-refractivity contribution in [1.82, 2.24) is 10.2 Å². The number of benzene rings is 2. The van der Waals surface area contributed by atoms with Gasteiger partial charge in [0.05, 0.1) is 19.6 Å². The van der Waals surface area contributed by atoms with Gasteiger partial charge in [-0.1, -0.05) is 18.2 Å². The van der Waals surface area contributed by atoms with E-state index < -0.39 is 29.0 Å². The molecule has 172 valence electrons. The number of nitrogens with one attached hydrogen (secondary N) is 1. The van der Waals surface area contributed by atoms with Gasteiger partial charge in [-0.05, 0) is 52.1 Å². The Morgan fingerprint density at radius 3 is 2.34 bits per heavy atom. The van der Waals surface area contributed by atoms with Crippen molar-refractivity contribution < 1.29 is 22.7 Å². The van der Waals surface area contributed by atoms with Gasteiger partial charge in [-0.3, -0.25) is 10.1 Å². The van der Waals surface area contributed by atoms with Crippen molar-refractivity contribution in [2.45, 2.75) is 38.4 Å². The van der Waals surface area contributed by atoms with Gasteiger partial charge < -0.3 is 15.4 Å². The number of likely N-dealkylation sites (N-methyl/N-ethyl adjacent to an activating group) is 1. The second kappa shape index (κ2) is 9.34. The third kappa shape index (κ3) is 3.89. The largest absolute Gasteiger partial charge is 0.494 e. The summed E-state index contributed by atoms with van der Waals surface area (Å²) < 4.78 is 49.5. The lowest BCUT2D eigenvalue weighted by atomic mass is 9.75. The Bertz CT molecular complexity index is 1040. The number of Topliss-reactive ketones (excluding diaryl/α,β-unsaturated/α-hetero) is 1. The number of hydrogen-bond acceptors (Lipinski definition) is 5. The van der Waals surface area contributed by atoms with Crippen LogP contribution in [-0.4, -0.2) is 37.0 Å². The summed E-state index contributed by atoms with van der Waals surface area (Å²) >= 11 is 0. The molecule has 2 atom stereocenters. The summed E-state index contributed by atoms with van der Waals surface area (Å²) in [5.74, 6) is -3.34. The number of allylic oxidation sites excluding steroid dienone is 1. The molecule has 0 saturated heterocycles. The molecular weight excluding hydrogens is 419 g/mol. The molecule has 0 fully saturated rings. The van der Waals surface area contributed by atoms with Gasteiger partial charge in [0, 0.05) is 22.4 Å². The fourth-order valence-electron chi connectivity index (χ4n) is 4.48. The van der Waals surface area contributed by atoms with Crippen LogP contribution >= 0.6 is 0 Å². The molecule has 0 spiro atoms. The van der Waals surface area contributed by atoms with Crippen LogP contribution in [0.15, 0.2) is 47.7 Å². The minimum absolute atomic E-state index is 0.00658. The summed E-state index contributed by atoms with van der Waals surface area (Å²) in [6.07, 6.45) is 0.253. The van der Waals surface area contributed by atoms with Gasteiger partial charge in [0.2, 0.25) is 0 Å². The molecule has 0 bridgehead atoms. The summed E-state index contributed by atoms with van der Waals surface area (Å²) in [6.45, 7) is 3.47. The van der Waals surface area contributed by atoms with Crippen molar-refractivity contribution in [3.8, 4) is 5.75 Å². The van der Waals surface area contributed by atoms with Crippen LogP contribution in [0.25, 0.3) is 0 Å². The molecule has 32 heavy (non-hydrogen) atoms. The second-order valence-corrected chi connectivity index (χ2v) is 7.95. The molecule has 3 rings (SSSR count). The van der Waals surface area contributed by atoms with E-state index in [1.807, 2.05) is 0 Å². The van der Waals surface area contributed by atoms with E-state index in [0.29, 0.717) is 11.3 Å². The first kappa shape index (κ1) is 23.8. The Kier molecular flexibility index (Phi) is 6.95. The maximum atomic E-state index is 15.3. The predicted octanol–water partition coefficient (Wildman–Crippen LogP) is 3.84. The van der Waals surface area contributed by atoms with Gasteiger partial charge in [0.25, 0.3) is 0 Å². The number of nitrogens with two attached hydrogens (primary N) is 1. The number of carbonyl (C=O) groups excluding carboxylic acids is 1. The number of halogens is 3. The van der Waals surface area contributed by atoms with Crippen molar-refractivity contribution in [3.05, 3.63) is 76.2 Å². The number of ether oxygens (including phenoxy) is 1. The monoisotopic (exact) mass is 447 g/mol. The first-order chi connectivity index (χ1) is 15.2. The zero-order valence-electron chi connectivity index (χ0n) is 18.6. The van der Waals surface area contributed by atoms with Gasteiger partial charge in [-0.2, -0.15) is 0 Å². The Morgan fingerprint density at radius 2 is 1.78 bits per heavy atom. The Labute approximate surface area is 186 Å². The second-order valence-electron chi connectivity index (χ2n) is 7.95. The molecule has 2 aromatic rings. The van der Waals surface area contributed by atoms with Gasteiger partial charge in [-0.15, -0.1) is 0 Å².